The summed E-state index contributed by atoms with van der Waals surface area (Å²) in [7, 11) is 0. The molecule has 1 rings (SSSR count). The summed E-state index contributed by atoms with van der Waals surface area (Å²) in [6, 6.07) is 0. The van der Waals surface area contributed by atoms with Crippen molar-refractivity contribution in [1.82, 2.24) is 4.90 Å². The molecule has 0 unspecified atom stereocenters. The number of carboxylic acid groups (broad SMARTS) is 1. The molecular weight excluding hydrogens is 160 g/mol. The van der Waals surface area contributed by atoms with Crippen LogP contribution in [-0.4, -0.2) is 47.2 Å². The molecule has 0 amide bonds. The Labute approximate surface area is 70.6 Å². The van der Waals surface area contributed by atoms with Crippen LogP contribution in [0.3, 0.4) is 0 Å². The first-order valence-electron chi connectivity index (χ1n) is 3.41. The summed E-state index contributed by atoms with van der Waals surface area (Å²) in [5.41, 5.74) is 0. The largest absolute Gasteiger partial charge is 0.478 e. The summed E-state index contributed by atoms with van der Waals surface area (Å²) < 4.78 is 0. The number of aliphatic imine (C=N–C) groups is 1. The first-order valence-corrected chi connectivity index (χ1v) is 3.41. The standard InChI is InChI=1S/C4H8N2O.C3H4O2/c7-4-6-2-1-5-3-6;1-2-3(4)5/h3,7H,1-2,4H2;2H,1H2,(H,4,5). The Kier molecular flexibility index (Phi) is 5.64. The van der Waals surface area contributed by atoms with Crippen molar-refractivity contribution in [3.8, 4) is 0 Å². The van der Waals surface area contributed by atoms with E-state index in [1.54, 1.807) is 11.2 Å². The highest BCUT2D eigenvalue weighted by Crippen LogP contribution is 1.88. The zero-order chi connectivity index (χ0) is 9.40. The minimum atomic E-state index is -0.981. The molecule has 0 aromatic heterocycles. The van der Waals surface area contributed by atoms with E-state index in [0.717, 1.165) is 19.2 Å². The summed E-state index contributed by atoms with van der Waals surface area (Å²) in [6.07, 6.45) is 2.50. The molecule has 2 N–H and O–H groups in total. The molecule has 1 heterocycles. The molecule has 5 nitrogen and oxygen atoms in total. The van der Waals surface area contributed by atoms with E-state index in [1.165, 1.54) is 0 Å². The lowest BCUT2D eigenvalue weighted by atomic mass is 10.6. The van der Waals surface area contributed by atoms with Crippen molar-refractivity contribution in [1.29, 1.82) is 0 Å². The second-order valence-electron chi connectivity index (χ2n) is 2.02. The fraction of sp³-hybridized carbons (Fsp3) is 0.429. The van der Waals surface area contributed by atoms with E-state index >= 15 is 0 Å². The predicted molar refractivity (Wildman–Crippen MR) is 45.0 cm³/mol. The summed E-state index contributed by atoms with van der Waals surface area (Å²) in [4.78, 5) is 14.9. The average molecular weight is 172 g/mol. The smallest absolute Gasteiger partial charge is 0.327 e. The van der Waals surface area contributed by atoms with Gasteiger partial charge >= 0.3 is 5.97 Å². The van der Waals surface area contributed by atoms with E-state index in [2.05, 4.69) is 11.6 Å². The van der Waals surface area contributed by atoms with Crippen LogP contribution in [0, 0.1) is 0 Å². The van der Waals surface area contributed by atoms with Crippen molar-refractivity contribution in [3.63, 3.8) is 0 Å². The van der Waals surface area contributed by atoms with Gasteiger partial charge in [-0.15, -0.1) is 0 Å². The molecule has 0 atom stereocenters. The highest BCUT2D eigenvalue weighted by atomic mass is 16.4. The van der Waals surface area contributed by atoms with Crippen LogP contribution in [0.1, 0.15) is 0 Å². The Balaban J connectivity index is 0.000000217. The lowest BCUT2D eigenvalue weighted by Gasteiger charge is -2.06. The molecule has 0 aliphatic carbocycles. The minimum Gasteiger partial charge on any atom is -0.478 e. The zero-order valence-electron chi connectivity index (χ0n) is 6.68. The molecule has 12 heavy (non-hydrogen) atoms. The molecule has 0 bridgehead atoms. The van der Waals surface area contributed by atoms with Gasteiger partial charge in [-0.2, -0.15) is 0 Å². The average Bonchev–Trinajstić information content (AvgIpc) is 2.57. The molecule has 5 heteroatoms. The van der Waals surface area contributed by atoms with Crippen LogP contribution in [0.15, 0.2) is 17.6 Å². The van der Waals surface area contributed by atoms with E-state index in [9.17, 15) is 4.79 Å². The number of rotatable bonds is 2. The number of carbonyl (C=O) groups is 1. The first-order chi connectivity index (χ1) is 5.70. The van der Waals surface area contributed by atoms with Crippen molar-refractivity contribution >= 4 is 12.3 Å². The number of carboxylic acids is 1. The molecule has 0 fully saturated rings. The van der Waals surface area contributed by atoms with Crippen molar-refractivity contribution in [2.24, 2.45) is 4.99 Å². The third-order valence-corrected chi connectivity index (χ3v) is 1.12. The number of aliphatic hydroxyl groups is 1. The molecule has 0 spiro atoms. The van der Waals surface area contributed by atoms with Gasteiger partial charge in [0.05, 0.1) is 12.9 Å². The van der Waals surface area contributed by atoms with Gasteiger partial charge in [0.2, 0.25) is 0 Å². The van der Waals surface area contributed by atoms with E-state index in [4.69, 9.17) is 10.2 Å². The van der Waals surface area contributed by atoms with Gasteiger partial charge in [0.25, 0.3) is 0 Å². The lowest BCUT2D eigenvalue weighted by molar-refractivity contribution is -0.131. The van der Waals surface area contributed by atoms with Crippen molar-refractivity contribution < 1.29 is 15.0 Å². The summed E-state index contributed by atoms with van der Waals surface area (Å²) >= 11 is 0. The van der Waals surface area contributed by atoms with Gasteiger partial charge in [0.1, 0.15) is 6.73 Å². The summed E-state index contributed by atoms with van der Waals surface area (Å²) in [5.74, 6) is -0.981. The molecular formula is C7H12N2O3. The number of aliphatic hydroxyl groups excluding tert-OH is 1. The van der Waals surface area contributed by atoms with Gasteiger partial charge in [0.15, 0.2) is 0 Å². The Morgan fingerprint density at radius 1 is 1.83 bits per heavy atom. The summed E-state index contributed by atoms with van der Waals surface area (Å²) in [6.45, 7) is 4.77. The highest BCUT2D eigenvalue weighted by Gasteiger charge is 1.99. The van der Waals surface area contributed by atoms with Crippen LogP contribution in [0.25, 0.3) is 0 Å². The first kappa shape index (κ1) is 10.6. The summed E-state index contributed by atoms with van der Waals surface area (Å²) in [5, 5.41) is 16.0. The van der Waals surface area contributed by atoms with Crippen LogP contribution in [0.2, 0.25) is 0 Å². The normalized spacial score (nSPS) is 13.6. The van der Waals surface area contributed by atoms with Crippen molar-refractivity contribution in [2.45, 2.75) is 0 Å². The molecule has 0 aromatic carbocycles. The van der Waals surface area contributed by atoms with Gasteiger partial charge in [-0.3, -0.25) is 4.99 Å². The molecule has 68 valence electrons. The second kappa shape index (κ2) is 6.36. The molecule has 0 radical (unpaired) electrons. The van der Waals surface area contributed by atoms with Crippen LogP contribution in [-0.2, 0) is 4.79 Å². The molecule has 0 saturated carbocycles. The molecule has 0 aromatic rings. The van der Waals surface area contributed by atoms with Crippen LogP contribution in [0.5, 0.6) is 0 Å². The van der Waals surface area contributed by atoms with E-state index in [0.29, 0.717) is 0 Å². The van der Waals surface area contributed by atoms with Crippen molar-refractivity contribution in [2.75, 3.05) is 19.8 Å². The van der Waals surface area contributed by atoms with Gasteiger partial charge in [-0.1, -0.05) is 6.58 Å². The van der Waals surface area contributed by atoms with Gasteiger partial charge in [0, 0.05) is 12.6 Å². The maximum atomic E-state index is 9.25. The fourth-order valence-corrected chi connectivity index (χ4v) is 0.524. The third kappa shape index (κ3) is 5.43. The molecule has 1 aliphatic heterocycles. The maximum absolute atomic E-state index is 9.25. The predicted octanol–water partition coefficient (Wildman–Crippen LogP) is -0.463. The van der Waals surface area contributed by atoms with Crippen LogP contribution in [0.4, 0.5) is 0 Å². The second-order valence-corrected chi connectivity index (χ2v) is 2.02. The SMILES string of the molecule is C=CC(=O)O.OCN1C=NCC1. The van der Waals surface area contributed by atoms with Crippen LogP contribution < -0.4 is 0 Å². The van der Waals surface area contributed by atoms with Crippen molar-refractivity contribution in [3.05, 3.63) is 12.7 Å². The molecule has 0 saturated heterocycles. The monoisotopic (exact) mass is 172 g/mol. The Bertz CT molecular complexity index is 179. The number of aliphatic carboxylic acids is 1. The van der Waals surface area contributed by atoms with Gasteiger partial charge in [-0.05, 0) is 0 Å². The maximum Gasteiger partial charge on any atom is 0.327 e. The van der Waals surface area contributed by atoms with E-state index in [1.807, 2.05) is 0 Å². The number of hydrogen-bond donors (Lipinski definition) is 2. The van der Waals surface area contributed by atoms with Crippen LogP contribution >= 0.6 is 0 Å². The third-order valence-electron chi connectivity index (χ3n) is 1.12. The number of hydrogen-bond acceptors (Lipinski definition) is 4. The molecule has 1 aliphatic rings. The quantitative estimate of drug-likeness (QED) is 0.553. The van der Waals surface area contributed by atoms with Gasteiger partial charge in [-0.25, -0.2) is 4.79 Å². The topological polar surface area (TPSA) is 73.1 Å². The Morgan fingerprint density at radius 3 is 2.58 bits per heavy atom. The Morgan fingerprint density at radius 2 is 2.42 bits per heavy atom. The Hall–Kier alpha value is -1.36. The fourth-order valence-electron chi connectivity index (χ4n) is 0.524. The zero-order valence-corrected chi connectivity index (χ0v) is 6.68. The van der Waals surface area contributed by atoms with Gasteiger partial charge < -0.3 is 15.1 Å². The minimum absolute atomic E-state index is 0.101. The number of nitrogens with zero attached hydrogens (tertiary/aromatic N) is 2. The van der Waals surface area contributed by atoms with E-state index in [-0.39, 0.29) is 6.73 Å². The highest BCUT2D eigenvalue weighted by molar-refractivity contribution is 5.78. The lowest BCUT2D eigenvalue weighted by Crippen LogP contribution is -2.19. The van der Waals surface area contributed by atoms with E-state index < -0.39 is 5.97 Å².